The quantitative estimate of drug-likeness (QED) is 0.307. The number of ether oxygens (including phenoxy) is 1. The van der Waals surface area contributed by atoms with Crippen molar-refractivity contribution in [2.24, 2.45) is 0 Å². The van der Waals surface area contributed by atoms with Crippen LogP contribution in [0.3, 0.4) is 0 Å². The van der Waals surface area contributed by atoms with E-state index >= 15 is 0 Å². The number of methoxy groups -OCH3 is 1. The zero-order valence-corrected chi connectivity index (χ0v) is 21.1. The van der Waals surface area contributed by atoms with Crippen LogP contribution in [-0.4, -0.2) is 43.8 Å². The topological polar surface area (TPSA) is 88.9 Å². The number of hydrogen-bond donors (Lipinski definition) is 1. The van der Waals surface area contributed by atoms with E-state index in [0.717, 1.165) is 22.0 Å². The Kier molecular flexibility index (Phi) is 7.31. The van der Waals surface area contributed by atoms with Gasteiger partial charge in [0.1, 0.15) is 6.04 Å². The summed E-state index contributed by atoms with van der Waals surface area (Å²) in [5.74, 6) is 0.608. The Morgan fingerprint density at radius 3 is 2.72 bits per heavy atom. The summed E-state index contributed by atoms with van der Waals surface area (Å²) < 4.78 is 7.03. The second-order valence-corrected chi connectivity index (χ2v) is 9.80. The fourth-order valence-corrected chi connectivity index (χ4v) is 5.18. The molecule has 3 aromatic heterocycles. The lowest BCUT2D eigenvalue weighted by atomic mass is 10.0. The van der Waals surface area contributed by atoms with Gasteiger partial charge in [0.15, 0.2) is 5.82 Å². The average molecular weight is 501 g/mol. The normalized spacial score (nSPS) is 12.4. The molecule has 3 heterocycles. The number of hydrogen-bond acceptors (Lipinski definition) is 7. The maximum Gasteiger partial charge on any atom is 0.253 e. The summed E-state index contributed by atoms with van der Waals surface area (Å²) >= 11 is 1.69. The SMILES string of the molecule is COCCn1nnnc1[C@@H](c1cc2cc(C)ccc2[nH]c1=O)N(Cc1ccccc1)Cc1cccs1. The van der Waals surface area contributed by atoms with E-state index in [-0.39, 0.29) is 5.56 Å². The third kappa shape index (κ3) is 5.28. The Balaban J connectivity index is 1.68. The molecule has 1 atom stereocenters. The lowest BCUT2D eigenvalue weighted by Crippen LogP contribution is -2.35. The van der Waals surface area contributed by atoms with E-state index in [2.05, 4.69) is 55.1 Å². The predicted octanol–water partition coefficient (Wildman–Crippen LogP) is 4.32. The molecule has 0 fully saturated rings. The Morgan fingerprint density at radius 1 is 1.08 bits per heavy atom. The number of fused-ring (bicyclic) bond motifs is 1. The Hall–Kier alpha value is -3.66. The molecule has 0 spiro atoms. The average Bonchev–Trinajstić information content (AvgIpc) is 3.56. The highest BCUT2D eigenvalue weighted by atomic mass is 32.1. The molecule has 1 N–H and O–H groups in total. The van der Waals surface area contributed by atoms with E-state index < -0.39 is 6.04 Å². The molecule has 9 heteroatoms. The molecule has 0 aliphatic heterocycles. The third-order valence-corrected chi connectivity index (χ3v) is 7.03. The van der Waals surface area contributed by atoms with Crippen LogP contribution in [0.1, 0.15) is 33.4 Å². The summed E-state index contributed by atoms with van der Waals surface area (Å²) in [5, 5.41) is 15.7. The maximum atomic E-state index is 13.6. The number of tetrazole rings is 1. The van der Waals surface area contributed by atoms with Crippen molar-refractivity contribution in [3.05, 3.63) is 110 Å². The lowest BCUT2D eigenvalue weighted by Gasteiger charge is -2.30. The second-order valence-electron chi connectivity index (χ2n) is 8.77. The molecule has 0 radical (unpaired) electrons. The molecule has 0 aliphatic carbocycles. The fraction of sp³-hybridized carbons (Fsp3) is 0.259. The lowest BCUT2D eigenvalue weighted by molar-refractivity contribution is 0.169. The molecule has 8 nitrogen and oxygen atoms in total. The van der Waals surface area contributed by atoms with Gasteiger partial charge in [0.2, 0.25) is 0 Å². The van der Waals surface area contributed by atoms with Gasteiger partial charge in [-0.25, -0.2) is 4.68 Å². The van der Waals surface area contributed by atoms with Crippen LogP contribution in [-0.2, 0) is 24.4 Å². The van der Waals surface area contributed by atoms with Crippen LogP contribution in [0.5, 0.6) is 0 Å². The monoisotopic (exact) mass is 500 g/mol. The molecule has 0 saturated heterocycles. The number of aromatic nitrogens is 5. The molecule has 2 aromatic carbocycles. The Morgan fingerprint density at radius 2 is 1.94 bits per heavy atom. The number of nitrogens with zero attached hydrogens (tertiary/aromatic N) is 5. The van der Waals surface area contributed by atoms with Gasteiger partial charge < -0.3 is 9.72 Å². The number of aromatic amines is 1. The van der Waals surface area contributed by atoms with Gasteiger partial charge in [-0.05, 0) is 57.9 Å². The number of H-pyrrole nitrogens is 1. The van der Waals surface area contributed by atoms with Gasteiger partial charge >= 0.3 is 0 Å². The van der Waals surface area contributed by atoms with Gasteiger partial charge in [0.05, 0.1) is 13.2 Å². The first kappa shape index (κ1) is 24.1. The predicted molar refractivity (Wildman–Crippen MR) is 141 cm³/mol. The first-order chi connectivity index (χ1) is 17.6. The minimum atomic E-state index is -0.479. The fourth-order valence-electron chi connectivity index (χ4n) is 4.45. The summed E-state index contributed by atoms with van der Waals surface area (Å²) in [6, 6.07) is 21.9. The van der Waals surface area contributed by atoms with E-state index in [1.807, 2.05) is 49.4 Å². The van der Waals surface area contributed by atoms with Gasteiger partial charge in [0, 0.05) is 36.2 Å². The summed E-state index contributed by atoms with van der Waals surface area (Å²) in [6.07, 6.45) is 0. The first-order valence-corrected chi connectivity index (χ1v) is 12.7. The molecule has 0 aliphatic rings. The van der Waals surface area contributed by atoms with Crippen molar-refractivity contribution in [1.82, 2.24) is 30.1 Å². The van der Waals surface area contributed by atoms with Crippen molar-refractivity contribution in [2.75, 3.05) is 13.7 Å². The second kappa shape index (κ2) is 10.9. The van der Waals surface area contributed by atoms with Crippen molar-refractivity contribution in [3.8, 4) is 0 Å². The Bertz CT molecular complexity index is 1480. The number of pyridine rings is 1. The van der Waals surface area contributed by atoms with E-state index in [1.165, 1.54) is 4.88 Å². The standard InChI is InChI=1S/C27H28N6O2S/c1-19-10-11-24-21(15-19)16-23(27(34)28-24)25(26-29-30-31-33(26)12-13-35-2)32(18-22-9-6-14-36-22)17-20-7-4-3-5-8-20/h3-11,14-16,25H,12-13,17-18H2,1-2H3,(H,28,34)/t25-/m1/s1. The number of aryl methyl sites for hydroxylation is 1. The van der Waals surface area contributed by atoms with Gasteiger partial charge in [-0.15, -0.1) is 16.4 Å². The smallest absolute Gasteiger partial charge is 0.253 e. The van der Waals surface area contributed by atoms with Crippen LogP contribution in [0.25, 0.3) is 10.9 Å². The number of rotatable bonds is 10. The minimum absolute atomic E-state index is 0.151. The van der Waals surface area contributed by atoms with Crippen molar-refractivity contribution >= 4 is 22.2 Å². The van der Waals surface area contributed by atoms with Gasteiger partial charge in [0.25, 0.3) is 5.56 Å². The highest BCUT2D eigenvalue weighted by Gasteiger charge is 2.31. The zero-order chi connectivity index (χ0) is 24.9. The van der Waals surface area contributed by atoms with Crippen LogP contribution < -0.4 is 5.56 Å². The number of nitrogens with one attached hydrogen (secondary N) is 1. The highest BCUT2D eigenvalue weighted by molar-refractivity contribution is 7.09. The van der Waals surface area contributed by atoms with Crippen molar-refractivity contribution < 1.29 is 4.74 Å². The van der Waals surface area contributed by atoms with Crippen LogP contribution in [0.2, 0.25) is 0 Å². The van der Waals surface area contributed by atoms with Crippen LogP contribution in [0.15, 0.2) is 76.9 Å². The number of thiophene rings is 1. The molecule has 0 amide bonds. The number of benzene rings is 2. The van der Waals surface area contributed by atoms with E-state index in [9.17, 15) is 4.79 Å². The summed E-state index contributed by atoms with van der Waals surface area (Å²) in [5.41, 5.74) is 3.53. The molecule has 36 heavy (non-hydrogen) atoms. The molecule has 0 unspecified atom stereocenters. The molecule has 0 saturated carbocycles. The van der Waals surface area contributed by atoms with Crippen molar-refractivity contribution in [2.45, 2.75) is 32.6 Å². The van der Waals surface area contributed by atoms with E-state index in [1.54, 1.807) is 23.1 Å². The minimum Gasteiger partial charge on any atom is -0.383 e. The van der Waals surface area contributed by atoms with Crippen LogP contribution in [0, 0.1) is 6.92 Å². The zero-order valence-electron chi connectivity index (χ0n) is 20.3. The molecule has 5 rings (SSSR count). The summed E-state index contributed by atoms with van der Waals surface area (Å²) in [4.78, 5) is 20.1. The molecule has 0 bridgehead atoms. The van der Waals surface area contributed by atoms with Gasteiger partial charge in [-0.1, -0.05) is 48.0 Å². The maximum absolute atomic E-state index is 13.6. The van der Waals surface area contributed by atoms with Crippen molar-refractivity contribution in [3.63, 3.8) is 0 Å². The third-order valence-electron chi connectivity index (χ3n) is 6.17. The molecular formula is C27H28N6O2S. The van der Waals surface area contributed by atoms with Gasteiger partial charge in [-0.2, -0.15) is 0 Å². The van der Waals surface area contributed by atoms with Crippen molar-refractivity contribution in [1.29, 1.82) is 0 Å². The van der Waals surface area contributed by atoms with E-state index in [4.69, 9.17) is 4.74 Å². The molecule has 5 aromatic rings. The van der Waals surface area contributed by atoms with Crippen LogP contribution >= 0.6 is 11.3 Å². The van der Waals surface area contributed by atoms with E-state index in [0.29, 0.717) is 37.6 Å². The first-order valence-electron chi connectivity index (χ1n) is 11.8. The summed E-state index contributed by atoms with van der Waals surface area (Å²) in [6.45, 7) is 4.25. The summed E-state index contributed by atoms with van der Waals surface area (Å²) in [7, 11) is 1.65. The molecule has 184 valence electrons. The molecular weight excluding hydrogens is 472 g/mol. The largest absolute Gasteiger partial charge is 0.383 e. The highest BCUT2D eigenvalue weighted by Crippen LogP contribution is 2.31. The van der Waals surface area contributed by atoms with Gasteiger partial charge in [-0.3, -0.25) is 9.69 Å². The Labute approximate surface area is 213 Å². The van der Waals surface area contributed by atoms with Crippen LogP contribution in [0.4, 0.5) is 0 Å².